The quantitative estimate of drug-likeness (QED) is 0.141. The third-order valence-electron chi connectivity index (χ3n) is 14.2. The SMILES string of the molecule is c1ccc(N(c2ccccc2)c2ccc3c(-n4c5ccccc5c5ccccc54)c4cc(N(c5ccccc5)c5ccc6ccccc6c5)ccc4c(-n4c5ccccc5c5ccccc54)c3c2)cc1. The average Bonchev–Trinajstić information content (AvgIpc) is 3.94. The molecule has 0 bridgehead atoms. The Labute approximate surface area is 405 Å². The maximum absolute atomic E-state index is 2.53. The predicted molar refractivity (Wildman–Crippen MR) is 297 cm³/mol. The Kier molecular flexibility index (Phi) is 9.17. The number of aromatic nitrogens is 2. The lowest BCUT2D eigenvalue weighted by molar-refractivity contribution is 1.19. The van der Waals surface area contributed by atoms with Crippen molar-refractivity contribution in [3.63, 3.8) is 0 Å². The molecule has 0 aliphatic rings. The minimum atomic E-state index is 1.07. The van der Waals surface area contributed by atoms with Gasteiger partial charge in [-0.25, -0.2) is 0 Å². The van der Waals surface area contributed by atoms with Crippen molar-refractivity contribution in [2.75, 3.05) is 9.80 Å². The van der Waals surface area contributed by atoms with E-state index in [2.05, 4.69) is 286 Å². The van der Waals surface area contributed by atoms with Crippen LogP contribution in [0.1, 0.15) is 0 Å². The van der Waals surface area contributed by atoms with E-state index >= 15 is 0 Å². The van der Waals surface area contributed by atoms with Gasteiger partial charge in [0.25, 0.3) is 0 Å². The summed E-state index contributed by atoms with van der Waals surface area (Å²) in [6, 6.07) is 97.5. The van der Waals surface area contributed by atoms with Crippen LogP contribution < -0.4 is 9.80 Å². The molecule has 14 rings (SSSR count). The Bertz CT molecular complexity index is 4160. The van der Waals surface area contributed by atoms with Gasteiger partial charge in [-0.3, -0.25) is 0 Å². The molecule has 2 aromatic heterocycles. The number of hydrogen-bond acceptors (Lipinski definition) is 2. The first-order chi connectivity index (χ1) is 34.8. The Morgan fingerprint density at radius 1 is 0.200 bits per heavy atom. The van der Waals surface area contributed by atoms with Gasteiger partial charge in [-0.1, -0.05) is 170 Å². The fraction of sp³-hybridized carbons (Fsp3) is 0. The van der Waals surface area contributed by atoms with Gasteiger partial charge in [0.1, 0.15) is 0 Å². The third kappa shape index (κ3) is 6.24. The number of rotatable bonds is 8. The van der Waals surface area contributed by atoms with Gasteiger partial charge in [0.2, 0.25) is 0 Å². The van der Waals surface area contributed by atoms with Crippen LogP contribution in [0, 0.1) is 0 Å². The van der Waals surface area contributed by atoms with Gasteiger partial charge >= 0.3 is 0 Å². The zero-order valence-electron chi connectivity index (χ0n) is 38.2. The zero-order valence-corrected chi connectivity index (χ0v) is 38.2. The standard InChI is InChI=1S/C66H44N4/c1-4-22-47(23-5-1)67(48-24-6-2-7-25-48)51-38-40-57-59(43-51)65(69-61-32-16-12-28-53(61)54-29-13-17-33-62(54)69)58-41-39-52(68(49-26-8-3-9-27-49)50-37-36-45-20-10-11-21-46(45)42-50)44-60(58)66(57)70-63-34-18-14-30-55(63)56-31-15-19-35-64(56)70/h1-44H. The van der Waals surface area contributed by atoms with Gasteiger partial charge in [-0.15, -0.1) is 0 Å². The van der Waals surface area contributed by atoms with Crippen LogP contribution in [0.2, 0.25) is 0 Å². The van der Waals surface area contributed by atoms with Crippen molar-refractivity contribution < 1.29 is 0 Å². The Hall–Kier alpha value is -9.38. The van der Waals surface area contributed by atoms with Gasteiger partial charge in [0.15, 0.2) is 0 Å². The van der Waals surface area contributed by atoms with Gasteiger partial charge < -0.3 is 18.9 Å². The van der Waals surface area contributed by atoms with E-state index in [1.807, 2.05) is 0 Å². The highest BCUT2D eigenvalue weighted by Crippen LogP contribution is 2.48. The summed E-state index contributed by atoms with van der Waals surface area (Å²) < 4.78 is 5.06. The summed E-state index contributed by atoms with van der Waals surface area (Å²) in [5.74, 6) is 0. The number of nitrogens with zero attached hydrogens (tertiary/aromatic N) is 4. The molecule has 0 spiro atoms. The van der Waals surface area contributed by atoms with E-state index in [0.717, 1.165) is 89.1 Å². The van der Waals surface area contributed by atoms with Crippen LogP contribution in [0.5, 0.6) is 0 Å². The van der Waals surface area contributed by atoms with Gasteiger partial charge in [-0.05, 0) is 108 Å². The topological polar surface area (TPSA) is 16.3 Å². The molecule has 4 heteroatoms. The van der Waals surface area contributed by atoms with Crippen LogP contribution in [0.3, 0.4) is 0 Å². The summed E-state index contributed by atoms with van der Waals surface area (Å²) in [6.07, 6.45) is 0. The second-order valence-corrected chi connectivity index (χ2v) is 18.1. The molecule has 70 heavy (non-hydrogen) atoms. The Morgan fingerprint density at radius 3 is 0.929 bits per heavy atom. The average molecular weight is 893 g/mol. The van der Waals surface area contributed by atoms with Gasteiger partial charge in [0.05, 0.1) is 33.4 Å². The van der Waals surface area contributed by atoms with Crippen LogP contribution in [0.15, 0.2) is 267 Å². The first-order valence-corrected chi connectivity index (χ1v) is 24.0. The molecule has 0 fully saturated rings. The monoisotopic (exact) mass is 892 g/mol. The molecule has 14 aromatic rings. The van der Waals surface area contributed by atoms with Gasteiger partial charge in [-0.2, -0.15) is 0 Å². The second kappa shape index (κ2) is 16.2. The van der Waals surface area contributed by atoms with Crippen molar-refractivity contribution >= 4 is 110 Å². The molecule has 2 heterocycles. The minimum Gasteiger partial charge on any atom is -0.310 e. The predicted octanol–water partition coefficient (Wildman–Crippen LogP) is 18.3. The van der Waals surface area contributed by atoms with E-state index in [0.29, 0.717) is 0 Å². The normalized spacial score (nSPS) is 11.7. The molecule has 0 unspecified atom stereocenters. The summed E-state index contributed by atoms with van der Waals surface area (Å²) in [5, 5.41) is 11.9. The zero-order chi connectivity index (χ0) is 46.1. The van der Waals surface area contributed by atoms with Crippen LogP contribution in [-0.2, 0) is 0 Å². The number of benzene rings is 12. The number of para-hydroxylation sites is 7. The van der Waals surface area contributed by atoms with E-state index in [9.17, 15) is 0 Å². The Balaban J connectivity index is 1.17. The molecule has 0 radical (unpaired) electrons. The van der Waals surface area contributed by atoms with E-state index < -0.39 is 0 Å². The summed E-state index contributed by atoms with van der Waals surface area (Å²) >= 11 is 0. The van der Waals surface area contributed by atoms with Crippen LogP contribution in [0.4, 0.5) is 34.1 Å². The lowest BCUT2D eigenvalue weighted by Gasteiger charge is -2.28. The van der Waals surface area contributed by atoms with Crippen molar-refractivity contribution in [1.29, 1.82) is 0 Å². The van der Waals surface area contributed by atoms with Crippen molar-refractivity contribution in [2.45, 2.75) is 0 Å². The van der Waals surface area contributed by atoms with Crippen molar-refractivity contribution in [1.82, 2.24) is 9.13 Å². The molecule has 0 atom stereocenters. The largest absolute Gasteiger partial charge is 0.310 e. The van der Waals surface area contributed by atoms with E-state index in [-0.39, 0.29) is 0 Å². The summed E-state index contributed by atoms with van der Waals surface area (Å²) in [6.45, 7) is 0. The molecule has 0 aliphatic carbocycles. The van der Waals surface area contributed by atoms with E-state index in [1.165, 1.54) is 32.3 Å². The highest BCUT2D eigenvalue weighted by Gasteiger charge is 2.26. The highest BCUT2D eigenvalue weighted by atomic mass is 15.1. The number of anilines is 6. The van der Waals surface area contributed by atoms with Crippen LogP contribution in [0.25, 0.3) is 87.3 Å². The van der Waals surface area contributed by atoms with E-state index in [4.69, 9.17) is 0 Å². The molecule has 4 nitrogen and oxygen atoms in total. The summed E-state index contributed by atoms with van der Waals surface area (Å²) in [4.78, 5) is 4.79. The maximum atomic E-state index is 2.53. The summed E-state index contributed by atoms with van der Waals surface area (Å²) in [5.41, 5.74) is 13.4. The molecule has 0 amide bonds. The third-order valence-corrected chi connectivity index (χ3v) is 14.2. The Morgan fingerprint density at radius 2 is 0.514 bits per heavy atom. The lowest BCUT2D eigenvalue weighted by Crippen LogP contribution is -2.11. The first-order valence-electron chi connectivity index (χ1n) is 24.0. The second-order valence-electron chi connectivity index (χ2n) is 18.1. The van der Waals surface area contributed by atoms with E-state index in [1.54, 1.807) is 0 Å². The summed E-state index contributed by atoms with van der Waals surface area (Å²) in [7, 11) is 0. The molecule has 0 N–H and O–H groups in total. The molecule has 328 valence electrons. The fourth-order valence-electron chi connectivity index (χ4n) is 11.2. The molecule has 0 aliphatic heterocycles. The van der Waals surface area contributed by atoms with Gasteiger partial charge in [0, 0.05) is 77.2 Å². The van der Waals surface area contributed by atoms with Crippen molar-refractivity contribution in [2.24, 2.45) is 0 Å². The van der Waals surface area contributed by atoms with Crippen LogP contribution in [-0.4, -0.2) is 9.13 Å². The van der Waals surface area contributed by atoms with Crippen molar-refractivity contribution in [3.8, 4) is 11.4 Å². The number of hydrogen-bond donors (Lipinski definition) is 0. The number of fused-ring (bicyclic) bond motifs is 9. The highest BCUT2D eigenvalue weighted by molar-refractivity contribution is 6.21. The molecule has 12 aromatic carbocycles. The van der Waals surface area contributed by atoms with Crippen LogP contribution >= 0.6 is 0 Å². The van der Waals surface area contributed by atoms with Crippen molar-refractivity contribution in [3.05, 3.63) is 267 Å². The molecule has 0 saturated carbocycles. The fourth-order valence-corrected chi connectivity index (χ4v) is 11.2. The smallest absolute Gasteiger partial charge is 0.0621 e. The maximum Gasteiger partial charge on any atom is 0.0621 e. The first kappa shape index (κ1) is 39.8. The molecular weight excluding hydrogens is 849 g/mol. The molecule has 0 saturated heterocycles. The minimum absolute atomic E-state index is 1.07. The molecular formula is C66H44N4. The lowest BCUT2D eigenvalue weighted by atomic mass is 9.95.